The first-order valence-corrected chi connectivity index (χ1v) is 7.54. The number of para-hydroxylation sites is 1. The number of carbonyl (C=O) groups is 1. The van der Waals surface area contributed by atoms with Gasteiger partial charge in [0.2, 0.25) is 0 Å². The Balaban J connectivity index is 1.89. The Labute approximate surface area is 135 Å². The average molecular weight is 391 g/mol. The number of pyridine rings is 1. The molecule has 0 aliphatic heterocycles. The molecular weight excluding hydrogens is 380 g/mol. The van der Waals surface area contributed by atoms with Crippen LogP contribution in [0.25, 0.3) is 10.9 Å². The largest absolute Gasteiger partial charge is 0.294 e. The van der Waals surface area contributed by atoms with Crippen LogP contribution in [0.4, 0.5) is 4.39 Å². The summed E-state index contributed by atoms with van der Waals surface area (Å²) in [7, 11) is 0. The molecule has 0 saturated heterocycles. The Kier molecular flexibility index (Phi) is 3.96. The van der Waals surface area contributed by atoms with Gasteiger partial charge in [-0.15, -0.1) is 0 Å². The van der Waals surface area contributed by atoms with E-state index in [4.69, 9.17) is 0 Å². The maximum Gasteiger partial charge on any atom is 0.169 e. The van der Waals surface area contributed by atoms with Crippen molar-refractivity contribution < 1.29 is 9.18 Å². The number of rotatable bonds is 3. The van der Waals surface area contributed by atoms with Crippen LogP contribution in [0.3, 0.4) is 0 Å². The van der Waals surface area contributed by atoms with Gasteiger partial charge in [0.1, 0.15) is 5.82 Å². The molecule has 0 saturated carbocycles. The van der Waals surface area contributed by atoms with Gasteiger partial charge in [-0.2, -0.15) is 0 Å². The van der Waals surface area contributed by atoms with Gasteiger partial charge in [0.15, 0.2) is 5.78 Å². The molecular formula is C17H11FINO. The van der Waals surface area contributed by atoms with Crippen LogP contribution in [-0.2, 0) is 6.42 Å². The Morgan fingerprint density at radius 1 is 1.10 bits per heavy atom. The number of fused-ring (bicyclic) bond motifs is 1. The van der Waals surface area contributed by atoms with Gasteiger partial charge in [0.25, 0.3) is 0 Å². The summed E-state index contributed by atoms with van der Waals surface area (Å²) in [6.07, 6.45) is 0.215. The van der Waals surface area contributed by atoms with E-state index < -0.39 is 0 Å². The number of aromatic nitrogens is 1. The third kappa shape index (κ3) is 3.10. The van der Waals surface area contributed by atoms with Crippen molar-refractivity contribution in [2.75, 3.05) is 0 Å². The monoisotopic (exact) mass is 391 g/mol. The highest BCUT2D eigenvalue weighted by Crippen LogP contribution is 2.17. The number of ketones is 1. The lowest BCUT2D eigenvalue weighted by molar-refractivity contribution is 0.0991. The first kappa shape index (κ1) is 14.1. The van der Waals surface area contributed by atoms with Crippen molar-refractivity contribution in [1.29, 1.82) is 0 Å². The normalized spacial score (nSPS) is 10.8. The molecule has 0 radical (unpaired) electrons. The van der Waals surface area contributed by atoms with Gasteiger partial charge in [0, 0.05) is 20.2 Å². The molecule has 0 unspecified atom stereocenters. The van der Waals surface area contributed by atoms with Crippen molar-refractivity contribution in [2.45, 2.75) is 6.42 Å². The standard InChI is InChI=1S/C17H11FINO/c18-12-6-8-14(15(19)9-12)17(21)10-13-7-5-11-3-1-2-4-16(11)20-13/h1-9H,10H2. The molecule has 4 heteroatoms. The molecule has 0 N–H and O–H groups in total. The quantitative estimate of drug-likeness (QED) is 0.489. The minimum atomic E-state index is -0.334. The number of hydrogen-bond acceptors (Lipinski definition) is 2. The van der Waals surface area contributed by atoms with Crippen LogP contribution in [0.5, 0.6) is 0 Å². The maximum atomic E-state index is 13.1. The molecule has 104 valence electrons. The molecule has 0 fully saturated rings. The summed E-state index contributed by atoms with van der Waals surface area (Å²) in [6, 6.07) is 15.8. The highest BCUT2D eigenvalue weighted by atomic mass is 127. The molecule has 1 heterocycles. The highest BCUT2D eigenvalue weighted by molar-refractivity contribution is 14.1. The Hall–Kier alpha value is -1.82. The lowest BCUT2D eigenvalue weighted by Gasteiger charge is -2.05. The van der Waals surface area contributed by atoms with Gasteiger partial charge in [-0.25, -0.2) is 4.39 Å². The fraction of sp³-hybridized carbons (Fsp3) is 0.0588. The molecule has 0 aliphatic rings. The molecule has 0 bridgehead atoms. The Morgan fingerprint density at radius 2 is 1.90 bits per heavy atom. The van der Waals surface area contributed by atoms with Crippen molar-refractivity contribution in [2.24, 2.45) is 0 Å². The van der Waals surface area contributed by atoms with Crippen molar-refractivity contribution in [3.05, 3.63) is 75.2 Å². The lowest BCUT2D eigenvalue weighted by atomic mass is 10.1. The summed E-state index contributed by atoms with van der Waals surface area (Å²) in [5, 5.41) is 1.05. The Morgan fingerprint density at radius 3 is 2.71 bits per heavy atom. The maximum absolute atomic E-state index is 13.1. The van der Waals surface area contributed by atoms with Crippen LogP contribution >= 0.6 is 22.6 Å². The first-order valence-electron chi connectivity index (χ1n) is 6.46. The third-order valence-corrected chi connectivity index (χ3v) is 4.12. The first-order chi connectivity index (χ1) is 10.1. The van der Waals surface area contributed by atoms with Crippen molar-refractivity contribution >= 4 is 39.3 Å². The molecule has 3 aromatic rings. The van der Waals surface area contributed by atoms with E-state index in [1.54, 1.807) is 0 Å². The van der Waals surface area contributed by atoms with Gasteiger partial charge in [-0.3, -0.25) is 9.78 Å². The number of Topliss-reactive ketones (excluding diaryl/α,β-unsaturated/α-hetero) is 1. The third-order valence-electron chi connectivity index (χ3n) is 3.23. The second-order valence-corrected chi connectivity index (χ2v) is 5.88. The zero-order valence-corrected chi connectivity index (χ0v) is 13.2. The van der Waals surface area contributed by atoms with E-state index >= 15 is 0 Å². The van der Waals surface area contributed by atoms with Crippen LogP contribution in [0.1, 0.15) is 16.1 Å². The van der Waals surface area contributed by atoms with E-state index in [1.165, 1.54) is 18.2 Å². The molecule has 0 spiro atoms. The summed E-state index contributed by atoms with van der Waals surface area (Å²) < 4.78 is 13.7. The van der Waals surface area contributed by atoms with Gasteiger partial charge in [0.05, 0.1) is 11.9 Å². The van der Waals surface area contributed by atoms with Crippen LogP contribution < -0.4 is 0 Å². The van der Waals surface area contributed by atoms with E-state index in [0.717, 1.165) is 16.6 Å². The van der Waals surface area contributed by atoms with Gasteiger partial charge >= 0.3 is 0 Å². The zero-order chi connectivity index (χ0) is 14.8. The summed E-state index contributed by atoms with van der Waals surface area (Å²) in [4.78, 5) is 16.8. The number of benzene rings is 2. The fourth-order valence-electron chi connectivity index (χ4n) is 2.18. The van der Waals surface area contributed by atoms with Crippen LogP contribution in [0, 0.1) is 9.39 Å². The van der Waals surface area contributed by atoms with Crippen molar-refractivity contribution in [3.8, 4) is 0 Å². The lowest BCUT2D eigenvalue weighted by Crippen LogP contribution is -2.07. The van der Waals surface area contributed by atoms with Crippen LogP contribution in [0.15, 0.2) is 54.6 Å². The Bertz CT molecular complexity index is 832. The van der Waals surface area contributed by atoms with Crippen LogP contribution in [-0.4, -0.2) is 10.8 Å². The second kappa shape index (κ2) is 5.89. The summed E-state index contributed by atoms with van der Waals surface area (Å²) in [5.41, 5.74) is 2.13. The SMILES string of the molecule is O=C(Cc1ccc2ccccc2n1)c1ccc(F)cc1I. The smallest absolute Gasteiger partial charge is 0.169 e. The minimum absolute atomic E-state index is 0.0535. The van der Waals surface area contributed by atoms with E-state index in [2.05, 4.69) is 4.98 Å². The van der Waals surface area contributed by atoms with Gasteiger partial charge < -0.3 is 0 Å². The van der Waals surface area contributed by atoms with Gasteiger partial charge in [-0.1, -0.05) is 24.3 Å². The fourth-order valence-corrected chi connectivity index (χ4v) is 2.96. The van der Waals surface area contributed by atoms with E-state index in [0.29, 0.717) is 9.13 Å². The summed E-state index contributed by atoms with van der Waals surface area (Å²) >= 11 is 1.98. The molecule has 0 atom stereocenters. The second-order valence-electron chi connectivity index (χ2n) is 4.72. The number of nitrogens with zero attached hydrogens (tertiary/aromatic N) is 1. The summed E-state index contributed by atoms with van der Waals surface area (Å²) in [6.45, 7) is 0. The molecule has 2 aromatic carbocycles. The van der Waals surface area contributed by atoms with Crippen molar-refractivity contribution in [3.63, 3.8) is 0 Å². The number of carbonyl (C=O) groups excluding carboxylic acids is 1. The van der Waals surface area contributed by atoms with Crippen molar-refractivity contribution in [1.82, 2.24) is 4.98 Å². The summed E-state index contributed by atoms with van der Waals surface area (Å²) in [5.74, 6) is -0.387. The predicted octanol–water partition coefficient (Wildman–Crippen LogP) is 4.40. The molecule has 1 aromatic heterocycles. The van der Waals surface area contributed by atoms with Gasteiger partial charge in [-0.05, 0) is 52.9 Å². The predicted molar refractivity (Wildman–Crippen MR) is 88.9 cm³/mol. The minimum Gasteiger partial charge on any atom is -0.294 e. The average Bonchev–Trinajstić information content (AvgIpc) is 2.47. The highest BCUT2D eigenvalue weighted by Gasteiger charge is 2.12. The molecule has 0 amide bonds. The van der Waals surface area contributed by atoms with Crippen LogP contribution in [0.2, 0.25) is 0 Å². The van der Waals surface area contributed by atoms with E-state index in [-0.39, 0.29) is 18.0 Å². The topological polar surface area (TPSA) is 30.0 Å². The molecule has 21 heavy (non-hydrogen) atoms. The zero-order valence-electron chi connectivity index (χ0n) is 11.0. The number of halogens is 2. The van der Waals surface area contributed by atoms with E-state index in [9.17, 15) is 9.18 Å². The molecule has 2 nitrogen and oxygen atoms in total. The number of hydrogen-bond donors (Lipinski definition) is 0. The van der Waals surface area contributed by atoms with E-state index in [1.807, 2.05) is 59.0 Å². The molecule has 0 aliphatic carbocycles. The molecule has 3 rings (SSSR count).